The fourth-order valence-corrected chi connectivity index (χ4v) is 2.89. The van der Waals surface area contributed by atoms with Gasteiger partial charge in [0.15, 0.2) is 0 Å². The Kier molecular flexibility index (Phi) is 4.76. The van der Waals surface area contributed by atoms with E-state index < -0.39 is 12.2 Å². The van der Waals surface area contributed by atoms with Crippen LogP contribution in [-0.2, 0) is 0 Å². The molecule has 0 aromatic rings. The molecule has 2 rings (SSSR count). The van der Waals surface area contributed by atoms with E-state index in [1.54, 1.807) is 0 Å². The van der Waals surface area contributed by atoms with Gasteiger partial charge in [0.25, 0.3) is 0 Å². The first-order valence-corrected chi connectivity index (χ1v) is 6.66. The Morgan fingerprint density at radius 2 is 1.71 bits per heavy atom. The van der Waals surface area contributed by atoms with Gasteiger partial charge in [-0.1, -0.05) is 6.42 Å². The minimum absolute atomic E-state index is 0.0851. The molecule has 2 fully saturated rings. The Morgan fingerprint density at radius 1 is 1.00 bits per heavy atom. The van der Waals surface area contributed by atoms with Crippen LogP contribution in [-0.4, -0.2) is 82.7 Å². The van der Waals surface area contributed by atoms with Crippen LogP contribution in [0, 0.1) is 0 Å². The summed E-state index contributed by atoms with van der Waals surface area (Å²) in [7, 11) is 0. The highest BCUT2D eigenvalue weighted by Gasteiger charge is 2.39. The van der Waals surface area contributed by atoms with E-state index in [2.05, 4.69) is 4.90 Å². The zero-order valence-electron chi connectivity index (χ0n) is 10.3. The van der Waals surface area contributed by atoms with Gasteiger partial charge >= 0.3 is 0 Å². The van der Waals surface area contributed by atoms with Gasteiger partial charge < -0.3 is 20.2 Å². The fourth-order valence-electron chi connectivity index (χ4n) is 2.89. The van der Waals surface area contributed by atoms with Crippen molar-refractivity contribution in [2.75, 3.05) is 39.3 Å². The molecule has 2 saturated heterocycles. The molecule has 0 aromatic carbocycles. The van der Waals surface area contributed by atoms with Gasteiger partial charge in [-0.2, -0.15) is 0 Å². The number of likely N-dealkylation sites (tertiary alicyclic amines) is 2. The van der Waals surface area contributed by atoms with E-state index in [1.165, 1.54) is 19.3 Å². The molecule has 0 unspecified atom stereocenters. The highest BCUT2D eigenvalue weighted by Crippen LogP contribution is 2.18. The number of rotatable bonds is 4. The largest absolute Gasteiger partial charge is 0.395 e. The second-order valence-corrected chi connectivity index (χ2v) is 5.21. The quantitative estimate of drug-likeness (QED) is 0.584. The van der Waals surface area contributed by atoms with Gasteiger partial charge in [0.2, 0.25) is 0 Å². The third-order valence-electron chi connectivity index (χ3n) is 4.02. The molecule has 0 radical (unpaired) electrons. The Hall–Kier alpha value is -0.200. The summed E-state index contributed by atoms with van der Waals surface area (Å²) in [5.74, 6) is 0. The lowest BCUT2D eigenvalue weighted by Gasteiger charge is -2.30. The Morgan fingerprint density at radius 3 is 2.35 bits per heavy atom. The number of nitrogens with zero attached hydrogens (tertiary/aromatic N) is 2. The molecule has 0 aromatic heterocycles. The molecule has 0 amide bonds. The van der Waals surface area contributed by atoms with E-state index in [4.69, 9.17) is 0 Å². The molecule has 2 aliphatic rings. The van der Waals surface area contributed by atoms with Crippen molar-refractivity contribution in [3.05, 3.63) is 0 Å². The van der Waals surface area contributed by atoms with Gasteiger partial charge in [-0.15, -0.1) is 0 Å². The first kappa shape index (κ1) is 13.2. The molecule has 100 valence electrons. The number of hydrogen-bond donors (Lipinski definition) is 3. The molecule has 0 bridgehead atoms. The van der Waals surface area contributed by atoms with Gasteiger partial charge in [0, 0.05) is 19.6 Å². The molecule has 0 aliphatic carbocycles. The molecule has 17 heavy (non-hydrogen) atoms. The molecule has 0 spiro atoms. The van der Waals surface area contributed by atoms with E-state index in [0.717, 1.165) is 26.2 Å². The van der Waals surface area contributed by atoms with Crippen LogP contribution < -0.4 is 0 Å². The molecule has 5 nitrogen and oxygen atoms in total. The van der Waals surface area contributed by atoms with Crippen LogP contribution in [0.4, 0.5) is 0 Å². The van der Waals surface area contributed by atoms with E-state index in [-0.39, 0.29) is 12.6 Å². The maximum absolute atomic E-state index is 9.70. The van der Waals surface area contributed by atoms with Crippen LogP contribution in [0.1, 0.15) is 19.3 Å². The predicted molar refractivity (Wildman–Crippen MR) is 64.8 cm³/mol. The van der Waals surface area contributed by atoms with E-state index in [0.29, 0.717) is 6.54 Å². The number of aliphatic hydroxyl groups is 3. The zero-order chi connectivity index (χ0) is 12.3. The average Bonchev–Trinajstić information content (AvgIpc) is 2.63. The summed E-state index contributed by atoms with van der Waals surface area (Å²) in [5, 5.41) is 28.5. The Labute approximate surface area is 103 Å². The van der Waals surface area contributed by atoms with Crippen molar-refractivity contribution < 1.29 is 15.3 Å². The monoisotopic (exact) mass is 244 g/mol. The van der Waals surface area contributed by atoms with Gasteiger partial charge in [0.1, 0.15) is 0 Å². The molecule has 0 saturated carbocycles. The summed E-state index contributed by atoms with van der Waals surface area (Å²) in [5.41, 5.74) is 0. The molecular formula is C12H24N2O3. The molecule has 3 atom stereocenters. The summed E-state index contributed by atoms with van der Waals surface area (Å²) in [6.07, 6.45) is 2.36. The smallest absolute Gasteiger partial charge is 0.0988 e. The normalized spacial score (nSPS) is 36.5. The lowest BCUT2D eigenvalue weighted by atomic mass is 10.1. The van der Waals surface area contributed by atoms with Crippen LogP contribution in [0.2, 0.25) is 0 Å². The lowest BCUT2D eigenvalue weighted by molar-refractivity contribution is 0.0208. The average molecular weight is 244 g/mol. The van der Waals surface area contributed by atoms with Crippen molar-refractivity contribution in [2.24, 2.45) is 0 Å². The third kappa shape index (κ3) is 3.17. The van der Waals surface area contributed by atoms with Crippen molar-refractivity contribution in [3.8, 4) is 0 Å². The Balaban J connectivity index is 1.77. The summed E-state index contributed by atoms with van der Waals surface area (Å²) >= 11 is 0. The third-order valence-corrected chi connectivity index (χ3v) is 4.02. The highest BCUT2D eigenvalue weighted by molar-refractivity contribution is 4.93. The lowest BCUT2D eigenvalue weighted by Crippen LogP contribution is -2.43. The van der Waals surface area contributed by atoms with Gasteiger partial charge in [-0.25, -0.2) is 0 Å². The molecular weight excluding hydrogens is 220 g/mol. The van der Waals surface area contributed by atoms with Crippen LogP contribution in [0.5, 0.6) is 0 Å². The van der Waals surface area contributed by atoms with Crippen LogP contribution in [0.3, 0.4) is 0 Å². The predicted octanol–water partition coefficient (Wildman–Crippen LogP) is -1.13. The number of aliphatic hydroxyl groups excluding tert-OH is 3. The number of hydrogen-bond acceptors (Lipinski definition) is 5. The molecule has 2 aliphatic heterocycles. The van der Waals surface area contributed by atoms with E-state index >= 15 is 0 Å². The second kappa shape index (κ2) is 6.11. The molecule has 5 heteroatoms. The fraction of sp³-hybridized carbons (Fsp3) is 1.00. The second-order valence-electron chi connectivity index (χ2n) is 5.21. The van der Waals surface area contributed by atoms with Gasteiger partial charge in [-0.05, 0) is 25.9 Å². The number of piperidine rings is 1. The van der Waals surface area contributed by atoms with E-state index in [1.807, 2.05) is 4.90 Å². The SMILES string of the molecule is OC[C@@H]1[C@@H](O)[C@H](O)CN1CCN1CCCCC1. The molecule has 3 N–H and O–H groups in total. The first-order valence-electron chi connectivity index (χ1n) is 6.66. The van der Waals surface area contributed by atoms with Gasteiger partial charge in [-0.3, -0.25) is 4.90 Å². The van der Waals surface area contributed by atoms with Gasteiger partial charge in [0.05, 0.1) is 24.9 Å². The topological polar surface area (TPSA) is 67.2 Å². The summed E-state index contributed by atoms with van der Waals surface area (Å²) in [6.45, 7) is 4.49. The minimum Gasteiger partial charge on any atom is -0.395 e. The van der Waals surface area contributed by atoms with E-state index in [9.17, 15) is 15.3 Å². The van der Waals surface area contributed by atoms with Crippen molar-refractivity contribution in [2.45, 2.75) is 37.5 Å². The summed E-state index contributed by atoms with van der Waals surface area (Å²) in [6, 6.07) is -0.296. The van der Waals surface area contributed by atoms with Crippen molar-refractivity contribution in [3.63, 3.8) is 0 Å². The number of β-amino-alcohol motifs (C(OH)–C–C–N with tert-alkyl or cyclic N) is 1. The van der Waals surface area contributed by atoms with Crippen molar-refractivity contribution in [1.29, 1.82) is 0 Å². The summed E-state index contributed by atoms with van der Waals surface area (Å²) < 4.78 is 0. The minimum atomic E-state index is -0.804. The van der Waals surface area contributed by atoms with Crippen molar-refractivity contribution >= 4 is 0 Å². The Bertz CT molecular complexity index is 234. The van der Waals surface area contributed by atoms with Crippen LogP contribution in [0.15, 0.2) is 0 Å². The van der Waals surface area contributed by atoms with Crippen LogP contribution in [0.25, 0.3) is 0 Å². The maximum Gasteiger partial charge on any atom is 0.0988 e. The first-order chi connectivity index (χ1) is 8.22. The van der Waals surface area contributed by atoms with Crippen LogP contribution >= 0.6 is 0 Å². The standard InChI is InChI=1S/C12H24N2O3/c15-9-10-12(17)11(16)8-14(10)7-6-13-4-2-1-3-5-13/h10-12,15-17H,1-9H2/t10-,11-,12-/m1/s1. The highest BCUT2D eigenvalue weighted by atomic mass is 16.3. The maximum atomic E-state index is 9.70. The summed E-state index contributed by atoms with van der Waals surface area (Å²) in [4.78, 5) is 4.43. The van der Waals surface area contributed by atoms with Crippen molar-refractivity contribution in [1.82, 2.24) is 9.80 Å². The zero-order valence-corrected chi connectivity index (χ0v) is 10.3. The molecule has 2 heterocycles.